The van der Waals surface area contributed by atoms with Crippen LogP contribution in [-0.4, -0.2) is 35.1 Å². The van der Waals surface area contributed by atoms with E-state index in [0.29, 0.717) is 0 Å². The summed E-state index contributed by atoms with van der Waals surface area (Å²) in [7, 11) is 0. The Morgan fingerprint density at radius 2 is 2.09 bits per heavy atom. The summed E-state index contributed by atoms with van der Waals surface area (Å²) in [6.07, 6.45) is 6.44. The van der Waals surface area contributed by atoms with Crippen molar-refractivity contribution in [3.05, 3.63) is 53.6 Å². The number of nitrogens with one attached hydrogen (secondary N) is 2. The van der Waals surface area contributed by atoms with Crippen molar-refractivity contribution in [2.24, 2.45) is 4.99 Å². The molecule has 118 valence electrons. The van der Waals surface area contributed by atoms with Crippen LogP contribution in [0.4, 0.5) is 0 Å². The molecule has 5 nitrogen and oxygen atoms in total. The molecule has 0 radical (unpaired) electrons. The number of rotatable bonds is 7. The molecule has 0 atom stereocenters. The van der Waals surface area contributed by atoms with Gasteiger partial charge in [-0.3, -0.25) is 4.99 Å². The monoisotopic (exact) mass is 319 g/mol. The fourth-order valence-corrected chi connectivity index (χ4v) is 2.14. The van der Waals surface area contributed by atoms with Gasteiger partial charge in [0, 0.05) is 43.6 Å². The number of halogens is 1. The Kier molecular flexibility index (Phi) is 6.77. The van der Waals surface area contributed by atoms with E-state index in [1.54, 1.807) is 6.20 Å². The summed E-state index contributed by atoms with van der Waals surface area (Å²) < 4.78 is 2.03. The Morgan fingerprint density at radius 1 is 1.27 bits per heavy atom. The van der Waals surface area contributed by atoms with Gasteiger partial charge in [0.25, 0.3) is 0 Å². The van der Waals surface area contributed by atoms with E-state index >= 15 is 0 Å². The largest absolute Gasteiger partial charge is 0.357 e. The number of nitrogens with zero attached hydrogens (tertiary/aromatic N) is 3. The number of benzene rings is 1. The fourth-order valence-electron chi connectivity index (χ4n) is 2.01. The molecule has 0 aliphatic carbocycles. The molecule has 0 amide bonds. The second-order valence-electron chi connectivity index (χ2n) is 4.86. The molecule has 0 aliphatic heterocycles. The summed E-state index contributed by atoms with van der Waals surface area (Å²) in [5.41, 5.74) is 1.24. The van der Waals surface area contributed by atoms with Crippen molar-refractivity contribution in [3.63, 3.8) is 0 Å². The van der Waals surface area contributed by atoms with Gasteiger partial charge in [0.1, 0.15) is 0 Å². The topological polar surface area (TPSA) is 54.2 Å². The first-order valence-corrected chi connectivity index (χ1v) is 7.88. The van der Waals surface area contributed by atoms with E-state index < -0.39 is 0 Å². The third-order valence-corrected chi connectivity index (χ3v) is 3.40. The fraction of sp³-hybridized carbons (Fsp3) is 0.375. The zero-order valence-electron chi connectivity index (χ0n) is 12.8. The third kappa shape index (κ3) is 5.77. The number of aliphatic imine (C=N–C) groups is 1. The van der Waals surface area contributed by atoms with E-state index in [2.05, 4.69) is 27.5 Å². The Morgan fingerprint density at radius 3 is 2.77 bits per heavy atom. The van der Waals surface area contributed by atoms with Gasteiger partial charge >= 0.3 is 0 Å². The van der Waals surface area contributed by atoms with E-state index in [0.717, 1.165) is 43.6 Å². The van der Waals surface area contributed by atoms with Crippen LogP contribution in [-0.2, 0) is 13.0 Å². The van der Waals surface area contributed by atoms with Crippen LogP contribution >= 0.6 is 11.6 Å². The van der Waals surface area contributed by atoms with Gasteiger partial charge in [-0.05, 0) is 31.0 Å². The molecule has 2 aromatic rings. The molecule has 1 aromatic heterocycles. The van der Waals surface area contributed by atoms with Crippen molar-refractivity contribution in [2.75, 3.05) is 19.6 Å². The van der Waals surface area contributed by atoms with Crippen LogP contribution in [0.5, 0.6) is 0 Å². The van der Waals surface area contributed by atoms with Gasteiger partial charge in [0.05, 0.1) is 6.33 Å². The Hall–Kier alpha value is -2.01. The minimum Gasteiger partial charge on any atom is -0.357 e. The molecular formula is C16H22ClN5. The molecule has 0 aliphatic rings. The smallest absolute Gasteiger partial charge is 0.191 e. The molecule has 0 bridgehead atoms. The van der Waals surface area contributed by atoms with Crippen LogP contribution in [0.15, 0.2) is 48.0 Å². The van der Waals surface area contributed by atoms with Crippen LogP contribution in [0.1, 0.15) is 12.5 Å². The first-order chi connectivity index (χ1) is 10.8. The van der Waals surface area contributed by atoms with Crippen molar-refractivity contribution in [1.82, 2.24) is 20.2 Å². The van der Waals surface area contributed by atoms with Crippen LogP contribution in [0, 0.1) is 0 Å². The maximum atomic E-state index is 5.88. The van der Waals surface area contributed by atoms with Gasteiger partial charge in [-0.2, -0.15) is 0 Å². The van der Waals surface area contributed by atoms with E-state index in [9.17, 15) is 0 Å². The van der Waals surface area contributed by atoms with Crippen molar-refractivity contribution in [3.8, 4) is 0 Å². The number of guanidine groups is 1. The third-order valence-electron chi connectivity index (χ3n) is 3.15. The highest BCUT2D eigenvalue weighted by Crippen LogP contribution is 2.09. The quantitative estimate of drug-likeness (QED) is 0.608. The SMILES string of the molecule is CCNC(=NCCc1ccc(Cl)cc1)NCCn1ccnc1. The van der Waals surface area contributed by atoms with Gasteiger partial charge in [-0.1, -0.05) is 23.7 Å². The highest BCUT2D eigenvalue weighted by Gasteiger charge is 1.98. The zero-order chi connectivity index (χ0) is 15.6. The maximum Gasteiger partial charge on any atom is 0.191 e. The molecular weight excluding hydrogens is 298 g/mol. The van der Waals surface area contributed by atoms with Crippen molar-refractivity contribution >= 4 is 17.6 Å². The summed E-state index contributed by atoms with van der Waals surface area (Å²) in [6.45, 7) is 5.32. The van der Waals surface area contributed by atoms with E-state index in [-0.39, 0.29) is 0 Å². The zero-order valence-corrected chi connectivity index (χ0v) is 13.6. The van der Waals surface area contributed by atoms with Crippen LogP contribution in [0.25, 0.3) is 0 Å². The first kappa shape index (κ1) is 16.4. The second-order valence-corrected chi connectivity index (χ2v) is 5.30. The molecule has 1 heterocycles. The molecule has 0 unspecified atom stereocenters. The van der Waals surface area contributed by atoms with Crippen LogP contribution in [0.2, 0.25) is 5.02 Å². The predicted molar refractivity (Wildman–Crippen MR) is 91.4 cm³/mol. The molecule has 0 spiro atoms. The van der Waals surface area contributed by atoms with E-state index in [4.69, 9.17) is 11.6 Å². The molecule has 0 saturated heterocycles. The van der Waals surface area contributed by atoms with Crippen molar-refractivity contribution in [1.29, 1.82) is 0 Å². The van der Waals surface area contributed by atoms with Gasteiger partial charge in [-0.25, -0.2) is 4.98 Å². The molecule has 2 rings (SSSR count). The Labute approximate surface area is 136 Å². The minimum absolute atomic E-state index is 0.738. The molecule has 22 heavy (non-hydrogen) atoms. The lowest BCUT2D eigenvalue weighted by Gasteiger charge is -2.11. The van der Waals surface area contributed by atoms with Crippen molar-refractivity contribution in [2.45, 2.75) is 19.9 Å². The standard InChI is InChI=1S/C16H22ClN5/c1-2-19-16(21-10-12-22-11-9-18-13-22)20-8-7-14-3-5-15(17)6-4-14/h3-6,9,11,13H,2,7-8,10,12H2,1H3,(H2,19,20,21). The van der Waals surface area contributed by atoms with Crippen molar-refractivity contribution < 1.29 is 0 Å². The number of hydrogen-bond donors (Lipinski definition) is 2. The highest BCUT2D eigenvalue weighted by molar-refractivity contribution is 6.30. The average molecular weight is 320 g/mol. The number of imidazole rings is 1. The summed E-state index contributed by atoms with van der Waals surface area (Å²) in [4.78, 5) is 8.61. The van der Waals surface area contributed by atoms with Gasteiger partial charge in [0.15, 0.2) is 5.96 Å². The molecule has 2 N–H and O–H groups in total. The maximum absolute atomic E-state index is 5.88. The molecule has 1 aromatic carbocycles. The average Bonchev–Trinajstić information content (AvgIpc) is 3.02. The van der Waals surface area contributed by atoms with E-state index in [1.807, 2.05) is 41.4 Å². The molecule has 6 heteroatoms. The highest BCUT2D eigenvalue weighted by atomic mass is 35.5. The van der Waals surface area contributed by atoms with Gasteiger partial charge < -0.3 is 15.2 Å². The van der Waals surface area contributed by atoms with Gasteiger partial charge in [0.2, 0.25) is 0 Å². The Balaban J connectivity index is 1.77. The summed E-state index contributed by atoms with van der Waals surface area (Å²) >= 11 is 5.88. The first-order valence-electron chi connectivity index (χ1n) is 7.50. The van der Waals surface area contributed by atoms with E-state index in [1.165, 1.54) is 5.56 Å². The molecule has 0 saturated carbocycles. The lowest BCUT2D eigenvalue weighted by molar-refractivity contribution is 0.662. The minimum atomic E-state index is 0.738. The lowest BCUT2D eigenvalue weighted by atomic mass is 10.1. The summed E-state index contributed by atoms with van der Waals surface area (Å²) in [5, 5.41) is 7.34. The lowest BCUT2D eigenvalue weighted by Crippen LogP contribution is -2.39. The molecule has 0 fully saturated rings. The van der Waals surface area contributed by atoms with Gasteiger partial charge in [-0.15, -0.1) is 0 Å². The summed E-state index contributed by atoms with van der Waals surface area (Å²) in [6, 6.07) is 7.90. The predicted octanol–water partition coefficient (Wildman–Crippen LogP) is 2.33. The Bertz CT molecular complexity index is 563. The van der Waals surface area contributed by atoms with Crippen LogP contribution in [0.3, 0.4) is 0 Å². The number of hydrogen-bond acceptors (Lipinski definition) is 2. The second kappa shape index (κ2) is 9.10. The van der Waals surface area contributed by atoms with Crippen LogP contribution < -0.4 is 10.6 Å². The summed E-state index contributed by atoms with van der Waals surface area (Å²) in [5.74, 6) is 0.844. The number of aromatic nitrogens is 2. The normalized spacial score (nSPS) is 11.5.